The van der Waals surface area contributed by atoms with Gasteiger partial charge in [0.25, 0.3) is 0 Å². The van der Waals surface area contributed by atoms with E-state index in [0.29, 0.717) is 43.7 Å². The average Bonchev–Trinajstić information content (AvgIpc) is 2.98. The molecule has 0 saturated heterocycles. The van der Waals surface area contributed by atoms with Gasteiger partial charge in [-0.05, 0) is 6.26 Å². The summed E-state index contributed by atoms with van der Waals surface area (Å²) in [7, 11) is 1.65. The SMILES string of the molecule is COCCNc1nc(SC)nc2c1cnn2CCNC(=O)CCCl. The van der Waals surface area contributed by atoms with E-state index in [1.54, 1.807) is 18.0 Å². The van der Waals surface area contributed by atoms with Gasteiger partial charge in [-0.3, -0.25) is 4.79 Å². The Morgan fingerprint density at radius 2 is 2.25 bits per heavy atom. The third-order valence-electron chi connectivity index (χ3n) is 3.22. The first-order valence-electron chi connectivity index (χ1n) is 7.52. The maximum Gasteiger partial charge on any atom is 0.221 e. The van der Waals surface area contributed by atoms with Crippen LogP contribution in [0.2, 0.25) is 0 Å². The third-order valence-corrected chi connectivity index (χ3v) is 3.96. The number of hydrogen-bond acceptors (Lipinski definition) is 7. The number of thioether (sulfide) groups is 1. The van der Waals surface area contributed by atoms with Crippen molar-refractivity contribution < 1.29 is 9.53 Å². The monoisotopic (exact) mass is 372 g/mol. The van der Waals surface area contributed by atoms with Crippen molar-refractivity contribution in [3.8, 4) is 0 Å². The quantitative estimate of drug-likeness (QED) is 0.281. The first kappa shape index (κ1) is 18.8. The second-order valence-electron chi connectivity index (χ2n) is 4.87. The molecule has 0 saturated carbocycles. The summed E-state index contributed by atoms with van der Waals surface area (Å²) in [6.07, 6.45) is 3.97. The van der Waals surface area contributed by atoms with Gasteiger partial charge in [-0.25, -0.2) is 14.6 Å². The van der Waals surface area contributed by atoms with Crippen molar-refractivity contribution in [1.82, 2.24) is 25.1 Å². The molecule has 24 heavy (non-hydrogen) atoms. The second kappa shape index (κ2) is 9.65. The highest BCUT2D eigenvalue weighted by Crippen LogP contribution is 2.23. The Balaban J connectivity index is 2.13. The molecule has 0 bridgehead atoms. The molecule has 0 aliphatic heterocycles. The van der Waals surface area contributed by atoms with Gasteiger partial charge in [0.2, 0.25) is 5.91 Å². The van der Waals surface area contributed by atoms with Crippen molar-refractivity contribution in [2.75, 3.05) is 44.3 Å². The zero-order valence-electron chi connectivity index (χ0n) is 13.7. The summed E-state index contributed by atoms with van der Waals surface area (Å²) in [6.45, 7) is 2.23. The van der Waals surface area contributed by atoms with Gasteiger partial charge in [-0.15, -0.1) is 11.6 Å². The number of alkyl halides is 1. The lowest BCUT2D eigenvalue weighted by Gasteiger charge is -2.09. The number of carbonyl (C=O) groups excluding carboxylic acids is 1. The number of nitrogens with zero attached hydrogens (tertiary/aromatic N) is 4. The van der Waals surface area contributed by atoms with Crippen LogP contribution in [0.5, 0.6) is 0 Å². The predicted octanol–water partition coefficient (Wildman–Crippen LogP) is 1.35. The molecule has 0 aliphatic rings. The maximum absolute atomic E-state index is 11.5. The lowest BCUT2D eigenvalue weighted by atomic mass is 10.4. The van der Waals surface area contributed by atoms with E-state index in [1.807, 2.05) is 6.26 Å². The fraction of sp³-hybridized carbons (Fsp3) is 0.571. The molecule has 1 amide bonds. The van der Waals surface area contributed by atoms with Gasteiger partial charge in [-0.1, -0.05) is 11.8 Å². The van der Waals surface area contributed by atoms with Crippen molar-refractivity contribution >= 4 is 46.1 Å². The highest BCUT2D eigenvalue weighted by molar-refractivity contribution is 7.98. The number of carbonyl (C=O) groups is 1. The van der Waals surface area contributed by atoms with Gasteiger partial charge >= 0.3 is 0 Å². The molecule has 8 nitrogen and oxygen atoms in total. The number of anilines is 1. The fourth-order valence-corrected chi connectivity index (χ4v) is 2.60. The molecule has 0 aliphatic carbocycles. The number of fused-ring (bicyclic) bond motifs is 1. The first-order valence-corrected chi connectivity index (χ1v) is 9.28. The van der Waals surface area contributed by atoms with Gasteiger partial charge in [0.15, 0.2) is 10.8 Å². The molecular formula is C14H21ClN6O2S. The number of amides is 1. The Kier molecular flexibility index (Phi) is 7.54. The van der Waals surface area contributed by atoms with Crippen molar-refractivity contribution in [3.63, 3.8) is 0 Å². The van der Waals surface area contributed by atoms with Crippen LogP contribution < -0.4 is 10.6 Å². The van der Waals surface area contributed by atoms with Gasteiger partial charge in [0.05, 0.1) is 24.7 Å². The van der Waals surface area contributed by atoms with E-state index in [-0.39, 0.29) is 5.91 Å². The van der Waals surface area contributed by atoms with E-state index in [9.17, 15) is 4.79 Å². The molecule has 2 aromatic rings. The molecule has 0 unspecified atom stereocenters. The highest BCUT2D eigenvalue weighted by atomic mass is 35.5. The Morgan fingerprint density at radius 3 is 2.96 bits per heavy atom. The number of nitrogens with one attached hydrogen (secondary N) is 2. The average molecular weight is 373 g/mol. The summed E-state index contributed by atoms with van der Waals surface area (Å²) in [5, 5.41) is 11.9. The third kappa shape index (κ3) is 4.96. The van der Waals surface area contributed by atoms with Gasteiger partial charge in [-0.2, -0.15) is 5.10 Å². The Labute approximate surface area is 149 Å². The largest absolute Gasteiger partial charge is 0.383 e. The van der Waals surface area contributed by atoms with Crippen molar-refractivity contribution in [3.05, 3.63) is 6.20 Å². The van der Waals surface area contributed by atoms with Crippen LogP contribution in [0.3, 0.4) is 0 Å². The van der Waals surface area contributed by atoms with Crippen LogP contribution >= 0.6 is 23.4 Å². The number of halogens is 1. The number of rotatable bonds is 10. The smallest absolute Gasteiger partial charge is 0.221 e. The van der Waals surface area contributed by atoms with Crippen molar-refractivity contribution in [2.45, 2.75) is 18.1 Å². The van der Waals surface area contributed by atoms with Crippen LogP contribution in [0.1, 0.15) is 6.42 Å². The lowest BCUT2D eigenvalue weighted by molar-refractivity contribution is -0.120. The molecule has 0 fully saturated rings. The van der Waals surface area contributed by atoms with Crippen LogP contribution in [-0.2, 0) is 16.1 Å². The molecule has 0 spiro atoms. The minimum absolute atomic E-state index is 0.0668. The lowest BCUT2D eigenvalue weighted by Crippen LogP contribution is -2.27. The van der Waals surface area contributed by atoms with E-state index in [1.165, 1.54) is 11.8 Å². The Morgan fingerprint density at radius 1 is 1.42 bits per heavy atom. The van der Waals surface area contributed by atoms with E-state index in [0.717, 1.165) is 16.9 Å². The Hall–Kier alpha value is -1.58. The van der Waals surface area contributed by atoms with E-state index >= 15 is 0 Å². The maximum atomic E-state index is 11.5. The molecule has 0 atom stereocenters. The summed E-state index contributed by atoms with van der Waals surface area (Å²) in [4.78, 5) is 20.5. The van der Waals surface area contributed by atoms with Crippen LogP contribution in [0.25, 0.3) is 11.0 Å². The minimum atomic E-state index is -0.0668. The standard InChI is InChI=1S/C14H21ClN6O2S/c1-23-8-6-17-12-10-9-18-21(7-5-16-11(22)3-4-15)13(10)20-14(19-12)24-2/h9H,3-8H2,1-2H3,(H,16,22)(H,17,19,20). The van der Waals surface area contributed by atoms with Crippen LogP contribution in [0, 0.1) is 0 Å². The molecule has 0 aromatic carbocycles. The second-order valence-corrected chi connectivity index (χ2v) is 6.02. The van der Waals surface area contributed by atoms with E-state index in [2.05, 4.69) is 25.7 Å². The number of methoxy groups -OCH3 is 1. The van der Waals surface area contributed by atoms with E-state index < -0.39 is 0 Å². The van der Waals surface area contributed by atoms with E-state index in [4.69, 9.17) is 16.3 Å². The van der Waals surface area contributed by atoms with Crippen LogP contribution in [0.15, 0.2) is 11.4 Å². The zero-order valence-corrected chi connectivity index (χ0v) is 15.3. The summed E-state index contributed by atoms with van der Waals surface area (Å²) in [5.41, 5.74) is 0.737. The summed E-state index contributed by atoms with van der Waals surface area (Å²) < 4.78 is 6.81. The summed E-state index contributed by atoms with van der Waals surface area (Å²) >= 11 is 7.01. The highest BCUT2D eigenvalue weighted by Gasteiger charge is 2.12. The number of ether oxygens (including phenoxy) is 1. The summed E-state index contributed by atoms with van der Waals surface area (Å²) in [6, 6.07) is 0. The number of hydrogen-bond donors (Lipinski definition) is 2. The molecule has 0 radical (unpaired) electrons. The van der Waals surface area contributed by atoms with Crippen LogP contribution in [-0.4, -0.2) is 64.6 Å². The fourth-order valence-electron chi connectivity index (χ4n) is 2.07. The minimum Gasteiger partial charge on any atom is -0.383 e. The number of aromatic nitrogens is 4. The van der Waals surface area contributed by atoms with Crippen molar-refractivity contribution in [2.24, 2.45) is 0 Å². The zero-order chi connectivity index (χ0) is 17.4. The van der Waals surface area contributed by atoms with Gasteiger partial charge < -0.3 is 15.4 Å². The van der Waals surface area contributed by atoms with Crippen molar-refractivity contribution in [1.29, 1.82) is 0 Å². The molecule has 2 rings (SSSR count). The normalized spacial score (nSPS) is 11.0. The predicted molar refractivity (Wildman–Crippen MR) is 95.8 cm³/mol. The molecule has 2 N–H and O–H groups in total. The first-order chi connectivity index (χ1) is 11.7. The molecule has 10 heteroatoms. The molecule has 2 heterocycles. The van der Waals surface area contributed by atoms with Gasteiger partial charge in [0.1, 0.15) is 5.82 Å². The molecule has 2 aromatic heterocycles. The Bertz CT molecular complexity index is 681. The molecular weight excluding hydrogens is 352 g/mol. The molecule has 132 valence electrons. The van der Waals surface area contributed by atoms with Gasteiger partial charge in [0, 0.05) is 32.5 Å². The van der Waals surface area contributed by atoms with Crippen LogP contribution in [0.4, 0.5) is 5.82 Å². The summed E-state index contributed by atoms with van der Waals surface area (Å²) in [5.74, 6) is 0.985. The topological polar surface area (TPSA) is 94.0 Å².